The predicted molar refractivity (Wildman–Crippen MR) is 68.0 cm³/mol. The average Bonchev–Trinajstić information content (AvgIpc) is 2.64. The summed E-state index contributed by atoms with van der Waals surface area (Å²) in [6, 6.07) is 6.32. The van der Waals surface area contributed by atoms with E-state index in [1.165, 1.54) is 14.0 Å². The van der Waals surface area contributed by atoms with Gasteiger partial charge in [-0.2, -0.15) is 0 Å². The summed E-state index contributed by atoms with van der Waals surface area (Å²) in [5, 5.41) is 0. The zero-order valence-electron chi connectivity index (χ0n) is 10.1. The van der Waals surface area contributed by atoms with Crippen molar-refractivity contribution in [3.8, 4) is 17.0 Å². The molecule has 0 bridgehead atoms. The standard InChI is InChI=1S/C12H10BrF3N2O/c1-7-17-11(13)10(18(7)12(14,15)16)8-3-5-9(19-2)6-4-8/h3-6H,1-2H3. The van der Waals surface area contributed by atoms with Gasteiger partial charge in [0.15, 0.2) is 0 Å². The predicted octanol–water partition coefficient (Wildman–Crippen LogP) is 4.11. The van der Waals surface area contributed by atoms with Crippen LogP contribution >= 0.6 is 15.9 Å². The molecular formula is C12H10BrF3N2O. The molecule has 3 nitrogen and oxygen atoms in total. The van der Waals surface area contributed by atoms with Crippen LogP contribution in [0.25, 0.3) is 11.3 Å². The molecule has 0 fully saturated rings. The Labute approximate surface area is 116 Å². The highest BCUT2D eigenvalue weighted by Crippen LogP contribution is 2.36. The molecule has 1 aromatic carbocycles. The fourth-order valence-electron chi connectivity index (χ4n) is 1.81. The molecule has 1 aromatic heterocycles. The summed E-state index contributed by atoms with van der Waals surface area (Å²) >= 11 is 3.07. The molecular weight excluding hydrogens is 325 g/mol. The number of ether oxygens (including phenoxy) is 1. The zero-order valence-corrected chi connectivity index (χ0v) is 11.7. The number of aromatic nitrogens is 2. The molecule has 0 saturated heterocycles. The lowest BCUT2D eigenvalue weighted by molar-refractivity contribution is -0.203. The van der Waals surface area contributed by atoms with Gasteiger partial charge in [0, 0.05) is 5.56 Å². The highest BCUT2D eigenvalue weighted by atomic mass is 79.9. The van der Waals surface area contributed by atoms with Crippen LogP contribution in [0, 0.1) is 6.92 Å². The average molecular weight is 335 g/mol. The van der Waals surface area contributed by atoms with Gasteiger partial charge in [0.1, 0.15) is 16.2 Å². The van der Waals surface area contributed by atoms with E-state index in [4.69, 9.17) is 4.74 Å². The first-order chi connectivity index (χ1) is 8.84. The third-order valence-corrected chi connectivity index (χ3v) is 3.17. The lowest BCUT2D eigenvalue weighted by Gasteiger charge is -2.14. The van der Waals surface area contributed by atoms with E-state index in [9.17, 15) is 13.2 Å². The third-order valence-electron chi connectivity index (χ3n) is 2.62. The summed E-state index contributed by atoms with van der Waals surface area (Å²) in [7, 11) is 1.50. The molecule has 0 radical (unpaired) electrons. The van der Waals surface area contributed by atoms with Gasteiger partial charge in [0.2, 0.25) is 0 Å². The number of benzene rings is 1. The number of hydrogen-bond donors (Lipinski definition) is 0. The second-order valence-electron chi connectivity index (χ2n) is 3.83. The first-order valence-electron chi connectivity index (χ1n) is 5.31. The number of imidazole rings is 1. The highest BCUT2D eigenvalue weighted by molar-refractivity contribution is 9.10. The van der Waals surface area contributed by atoms with E-state index in [0.717, 1.165) is 0 Å². The van der Waals surface area contributed by atoms with Crippen LogP contribution in [0.15, 0.2) is 28.9 Å². The van der Waals surface area contributed by atoms with Gasteiger partial charge in [0.05, 0.1) is 12.8 Å². The van der Waals surface area contributed by atoms with E-state index >= 15 is 0 Å². The van der Waals surface area contributed by atoms with Crippen molar-refractivity contribution in [2.75, 3.05) is 7.11 Å². The zero-order chi connectivity index (χ0) is 14.2. The van der Waals surface area contributed by atoms with Crippen LogP contribution in [0.3, 0.4) is 0 Å². The number of alkyl halides is 3. The van der Waals surface area contributed by atoms with Crippen LogP contribution in [0.4, 0.5) is 13.2 Å². The van der Waals surface area contributed by atoms with Gasteiger partial charge in [0.25, 0.3) is 0 Å². The number of rotatable bonds is 2. The Morgan fingerprint density at radius 3 is 2.26 bits per heavy atom. The Morgan fingerprint density at radius 1 is 1.21 bits per heavy atom. The van der Waals surface area contributed by atoms with Crippen LogP contribution in [0.1, 0.15) is 5.82 Å². The first-order valence-corrected chi connectivity index (χ1v) is 6.10. The molecule has 0 aliphatic carbocycles. The maximum Gasteiger partial charge on any atom is 0.490 e. The van der Waals surface area contributed by atoms with Crippen molar-refractivity contribution in [2.24, 2.45) is 0 Å². The van der Waals surface area contributed by atoms with E-state index in [1.54, 1.807) is 24.3 Å². The fraction of sp³-hybridized carbons (Fsp3) is 0.250. The summed E-state index contributed by atoms with van der Waals surface area (Å²) in [5.41, 5.74) is 0.387. The minimum absolute atomic E-state index is 0.0207. The summed E-state index contributed by atoms with van der Waals surface area (Å²) in [6.07, 6.45) is -4.52. The molecule has 0 aliphatic rings. The van der Waals surface area contributed by atoms with Gasteiger partial charge in [-0.15, -0.1) is 13.2 Å². The minimum Gasteiger partial charge on any atom is -0.497 e. The summed E-state index contributed by atoms with van der Waals surface area (Å²) < 4.78 is 44.5. The summed E-state index contributed by atoms with van der Waals surface area (Å²) in [6.45, 7) is 1.31. The van der Waals surface area contributed by atoms with E-state index in [-0.39, 0.29) is 20.7 Å². The fourth-order valence-corrected chi connectivity index (χ4v) is 2.47. The monoisotopic (exact) mass is 334 g/mol. The van der Waals surface area contributed by atoms with Gasteiger partial charge < -0.3 is 4.74 Å². The van der Waals surface area contributed by atoms with Crippen molar-refractivity contribution < 1.29 is 17.9 Å². The van der Waals surface area contributed by atoms with Gasteiger partial charge >= 0.3 is 6.30 Å². The number of hydrogen-bond acceptors (Lipinski definition) is 2. The molecule has 1 heterocycles. The number of halogens is 4. The normalized spacial score (nSPS) is 11.7. The molecule has 0 aliphatic heterocycles. The summed E-state index contributed by atoms with van der Waals surface area (Å²) in [4.78, 5) is 3.82. The maximum atomic E-state index is 13.0. The second kappa shape index (κ2) is 4.88. The minimum atomic E-state index is -4.52. The Kier molecular flexibility index (Phi) is 3.58. The number of aryl methyl sites for hydroxylation is 1. The molecule has 19 heavy (non-hydrogen) atoms. The Balaban J connectivity index is 2.61. The Hall–Kier alpha value is -1.50. The molecule has 2 rings (SSSR count). The van der Waals surface area contributed by atoms with E-state index in [1.807, 2.05) is 0 Å². The van der Waals surface area contributed by atoms with Crippen LogP contribution < -0.4 is 4.74 Å². The van der Waals surface area contributed by atoms with Gasteiger partial charge in [-0.1, -0.05) is 0 Å². The van der Waals surface area contributed by atoms with Crippen molar-refractivity contribution in [3.63, 3.8) is 0 Å². The lowest BCUT2D eigenvalue weighted by Crippen LogP contribution is -2.19. The largest absolute Gasteiger partial charge is 0.497 e. The molecule has 0 N–H and O–H groups in total. The quantitative estimate of drug-likeness (QED) is 0.826. The topological polar surface area (TPSA) is 27.1 Å². The van der Waals surface area contributed by atoms with Gasteiger partial charge in [-0.3, -0.25) is 0 Å². The van der Waals surface area contributed by atoms with E-state index < -0.39 is 6.30 Å². The lowest BCUT2D eigenvalue weighted by atomic mass is 10.1. The van der Waals surface area contributed by atoms with Crippen molar-refractivity contribution in [3.05, 3.63) is 34.7 Å². The molecule has 0 amide bonds. The molecule has 0 atom stereocenters. The molecule has 0 unspecified atom stereocenters. The van der Waals surface area contributed by atoms with Crippen LogP contribution in [0.5, 0.6) is 5.75 Å². The Morgan fingerprint density at radius 2 is 1.79 bits per heavy atom. The van der Waals surface area contributed by atoms with Crippen LogP contribution in [-0.4, -0.2) is 16.7 Å². The molecule has 0 saturated carbocycles. The summed E-state index contributed by atoms with van der Waals surface area (Å²) in [5.74, 6) is 0.458. The third kappa shape index (κ3) is 2.60. The first kappa shape index (κ1) is 13.9. The van der Waals surface area contributed by atoms with Crippen LogP contribution in [-0.2, 0) is 6.30 Å². The molecule has 7 heteroatoms. The number of nitrogens with zero attached hydrogens (tertiary/aromatic N) is 2. The molecule has 102 valence electrons. The maximum absolute atomic E-state index is 13.0. The highest BCUT2D eigenvalue weighted by Gasteiger charge is 2.36. The number of methoxy groups -OCH3 is 1. The van der Waals surface area contributed by atoms with Crippen molar-refractivity contribution >= 4 is 15.9 Å². The Bertz CT molecular complexity index is 590. The molecule has 0 spiro atoms. The second-order valence-corrected chi connectivity index (χ2v) is 4.58. The van der Waals surface area contributed by atoms with Crippen molar-refractivity contribution in [1.82, 2.24) is 9.55 Å². The van der Waals surface area contributed by atoms with Gasteiger partial charge in [-0.25, -0.2) is 9.55 Å². The van der Waals surface area contributed by atoms with Crippen molar-refractivity contribution in [2.45, 2.75) is 13.2 Å². The smallest absolute Gasteiger partial charge is 0.490 e. The van der Waals surface area contributed by atoms with E-state index in [0.29, 0.717) is 11.3 Å². The van der Waals surface area contributed by atoms with Gasteiger partial charge in [-0.05, 0) is 47.1 Å². The van der Waals surface area contributed by atoms with Crippen LogP contribution in [0.2, 0.25) is 0 Å². The van der Waals surface area contributed by atoms with Crippen molar-refractivity contribution in [1.29, 1.82) is 0 Å². The van der Waals surface area contributed by atoms with E-state index in [2.05, 4.69) is 20.9 Å². The SMILES string of the molecule is COc1ccc(-c2c(Br)nc(C)n2C(F)(F)F)cc1. The molecule has 2 aromatic rings.